The number of amides is 1. The van der Waals surface area contributed by atoms with Crippen LogP contribution in [0.5, 0.6) is 0 Å². The highest BCUT2D eigenvalue weighted by Crippen LogP contribution is 2.13. The zero-order valence-electron chi connectivity index (χ0n) is 16.5. The number of carboxylic acid groups (broad SMARTS) is 1. The van der Waals surface area contributed by atoms with Gasteiger partial charge in [-0.05, 0) is 31.8 Å². The summed E-state index contributed by atoms with van der Waals surface area (Å²) < 4.78 is 37.1. The van der Waals surface area contributed by atoms with Crippen LogP contribution in [0.25, 0.3) is 0 Å². The van der Waals surface area contributed by atoms with Gasteiger partial charge in [0.15, 0.2) is 0 Å². The molecule has 0 spiro atoms. The van der Waals surface area contributed by atoms with Crippen molar-refractivity contribution >= 4 is 11.9 Å². The van der Waals surface area contributed by atoms with Crippen molar-refractivity contribution in [1.82, 2.24) is 20.0 Å². The third-order valence-corrected chi connectivity index (χ3v) is 3.60. The van der Waals surface area contributed by atoms with E-state index < -0.39 is 12.1 Å². The summed E-state index contributed by atoms with van der Waals surface area (Å²) in [6.45, 7) is 3.31. The van der Waals surface area contributed by atoms with E-state index in [1.165, 1.54) is 0 Å². The van der Waals surface area contributed by atoms with Gasteiger partial charge in [0.2, 0.25) is 11.8 Å². The number of hydrogen-bond acceptors (Lipinski definition) is 6. The van der Waals surface area contributed by atoms with E-state index in [1.807, 2.05) is 45.4 Å². The lowest BCUT2D eigenvalue weighted by Gasteiger charge is -2.19. The van der Waals surface area contributed by atoms with Gasteiger partial charge in [-0.2, -0.15) is 13.2 Å². The Bertz CT molecular complexity index is 804. The predicted octanol–water partition coefficient (Wildman–Crippen LogP) is 2.24. The van der Waals surface area contributed by atoms with Crippen LogP contribution in [0.3, 0.4) is 0 Å². The summed E-state index contributed by atoms with van der Waals surface area (Å²) in [5, 5.41) is 14.9. The average Bonchev–Trinajstić information content (AvgIpc) is 3.04. The van der Waals surface area contributed by atoms with Crippen LogP contribution in [0, 0.1) is 6.92 Å². The van der Waals surface area contributed by atoms with E-state index in [0.717, 1.165) is 12.1 Å². The normalized spacial score (nSPS) is 11.0. The maximum Gasteiger partial charge on any atom is 0.490 e. The van der Waals surface area contributed by atoms with E-state index >= 15 is 0 Å². The van der Waals surface area contributed by atoms with E-state index in [0.29, 0.717) is 30.3 Å². The highest BCUT2D eigenvalue weighted by Gasteiger charge is 2.38. The molecule has 2 rings (SSSR count). The number of carbonyl (C=O) groups excluding carboxylic acids is 1. The Labute approximate surface area is 165 Å². The lowest BCUT2D eigenvalue weighted by molar-refractivity contribution is -0.192. The molecule has 1 aromatic carbocycles. The Morgan fingerprint density at radius 3 is 2.03 bits per heavy atom. The molecule has 0 unspecified atom stereocenters. The molecule has 0 bridgehead atoms. The number of likely N-dealkylation sites (N-methyl/N-ethyl adjacent to an activating group) is 2. The maximum atomic E-state index is 12.3. The molecule has 11 heteroatoms. The van der Waals surface area contributed by atoms with Crippen molar-refractivity contribution in [3.05, 3.63) is 47.2 Å². The fraction of sp³-hybridized carbons (Fsp3) is 0.444. The van der Waals surface area contributed by atoms with Gasteiger partial charge in [-0.25, -0.2) is 4.79 Å². The van der Waals surface area contributed by atoms with Gasteiger partial charge in [-0.1, -0.05) is 12.1 Å². The summed E-state index contributed by atoms with van der Waals surface area (Å²) in [6, 6.07) is 7.53. The summed E-state index contributed by atoms with van der Waals surface area (Å²) in [5.41, 5.74) is 1.72. The molecule has 1 N–H and O–H groups in total. The first-order valence-corrected chi connectivity index (χ1v) is 8.48. The minimum absolute atomic E-state index is 0.0297. The Morgan fingerprint density at radius 1 is 1.07 bits per heavy atom. The van der Waals surface area contributed by atoms with Crippen LogP contribution in [-0.4, -0.2) is 77.4 Å². The minimum Gasteiger partial charge on any atom is -0.475 e. The van der Waals surface area contributed by atoms with Crippen molar-refractivity contribution in [3.63, 3.8) is 0 Å². The Balaban J connectivity index is 0.000000516. The lowest BCUT2D eigenvalue weighted by atomic mass is 10.1. The van der Waals surface area contributed by atoms with Gasteiger partial charge in [-0.3, -0.25) is 4.79 Å². The molecule has 0 aliphatic heterocycles. The van der Waals surface area contributed by atoms with Crippen LogP contribution in [0.15, 0.2) is 28.7 Å². The number of carbonyl (C=O) groups is 2. The van der Waals surface area contributed by atoms with Crippen molar-refractivity contribution in [2.24, 2.45) is 0 Å². The molecule has 8 nitrogen and oxygen atoms in total. The molecule has 1 amide bonds. The van der Waals surface area contributed by atoms with Crippen LogP contribution >= 0.6 is 0 Å². The van der Waals surface area contributed by atoms with Crippen molar-refractivity contribution in [1.29, 1.82) is 0 Å². The average molecular weight is 416 g/mol. The van der Waals surface area contributed by atoms with Crippen molar-refractivity contribution < 1.29 is 32.3 Å². The molecule has 0 saturated heterocycles. The van der Waals surface area contributed by atoms with Gasteiger partial charge in [-0.15, -0.1) is 10.2 Å². The summed E-state index contributed by atoms with van der Waals surface area (Å²) >= 11 is 0. The van der Waals surface area contributed by atoms with Gasteiger partial charge in [0.05, 0.1) is 6.42 Å². The maximum absolute atomic E-state index is 12.3. The molecule has 0 aliphatic rings. The Morgan fingerprint density at radius 2 is 1.62 bits per heavy atom. The molecule has 0 fully saturated rings. The number of nitrogens with zero attached hydrogens (tertiary/aromatic N) is 4. The first-order valence-electron chi connectivity index (χ1n) is 8.48. The zero-order valence-corrected chi connectivity index (χ0v) is 16.5. The summed E-state index contributed by atoms with van der Waals surface area (Å²) in [5.74, 6) is -1.58. The van der Waals surface area contributed by atoms with E-state index in [9.17, 15) is 18.0 Å². The van der Waals surface area contributed by atoms with Crippen LogP contribution in [0.2, 0.25) is 0 Å². The van der Waals surface area contributed by atoms with E-state index in [4.69, 9.17) is 14.3 Å². The van der Waals surface area contributed by atoms with Crippen molar-refractivity contribution in [2.75, 3.05) is 34.2 Å². The lowest BCUT2D eigenvalue weighted by Crippen LogP contribution is -2.33. The second-order valence-electron chi connectivity index (χ2n) is 6.42. The standard InChI is InChI=1S/C16H22N4O2.C2HF3O2/c1-12-17-18-15(22-12)11-13-5-7-14(8-6-13)16(21)20(4)10-9-19(2)3;3-2(4,5)1(6)7/h5-8H,9-11H2,1-4H3;(H,6,7). The summed E-state index contributed by atoms with van der Waals surface area (Å²) in [4.78, 5) is 25.0. The monoisotopic (exact) mass is 416 g/mol. The zero-order chi connectivity index (χ0) is 22.2. The quantitative estimate of drug-likeness (QED) is 0.771. The minimum atomic E-state index is -5.08. The number of aromatic nitrogens is 2. The molecule has 0 atom stereocenters. The number of carboxylic acids is 1. The second kappa shape index (κ2) is 10.6. The highest BCUT2D eigenvalue weighted by atomic mass is 19.4. The number of alkyl halides is 3. The van der Waals surface area contributed by atoms with Crippen LogP contribution in [0.1, 0.15) is 27.7 Å². The molecular weight excluding hydrogens is 393 g/mol. The topological polar surface area (TPSA) is 99.8 Å². The number of halogens is 3. The van der Waals surface area contributed by atoms with Gasteiger partial charge in [0.1, 0.15) is 0 Å². The second-order valence-corrected chi connectivity index (χ2v) is 6.42. The molecule has 0 aliphatic carbocycles. The van der Waals surface area contributed by atoms with Gasteiger partial charge in [0, 0.05) is 32.6 Å². The number of aliphatic carboxylic acids is 1. The molecule has 1 aromatic heterocycles. The Hall–Kier alpha value is -2.95. The molecule has 160 valence electrons. The number of aryl methyl sites for hydroxylation is 1. The molecule has 29 heavy (non-hydrogen) atoms. The Kier molecular flexibility index (Phi) is 8.77. The van der Waals surface area contributed by atoms with E-state index in [1.54, 1.807) is 11.8 Å². The van der Waals surface area contributed by atoms with Gasteiger partial charge >= 0.3 is 12.1 Å². The fourth-order valence-corrected chi connectivity index (χ4v) is 2.02. The van der Waals surface area contributed by atoms with Crippen LogP contribution in [0.4, 0.5) is 13.2 Å². The first kappa shape index (κ1) is 24.1. The van der Waals surface area contributed by atoms with E-state index in [-0.39, 0.29) is 5.91 Å². The molecule has 2 aromatic rings. The smallest absolute Gasteiger partial charge is 0.475 e. The third kappa shape index (κ3) is 8.73. The highest BCUT2D eigenvalue weighted by molar-refractivity contribution is 5.94. The number of benzene rings is 1. The first-order chi connectivity index (χ1) is 13.4. The van der Waals surface area contributed by atoms with Crippen LogP contribution < -0.4 is 0 Å². The number of rotatable bonds is 6. The molecular formula is C18H23F3N4O4. The van der Waals surface area contributed by atoms with Crippen LogP contribution in [-0.2, 0) is 11.2 Å². The summed E-state index contributed by atoms with van der Waals surface area (Å²) in [7, 11) is 5.81. The molecule has 0 saturated carbocycles. The SMILES string of the molecule is Cc1nnc(Cc2ccc(C(=O)N(C)CCN(C)C)cc2)o1.O=C(O)C(F)(F)F. The van der Waals surface area contributed by atoms with Crippen molar-refractivity contribution in [3.8, 4) is 0 Å². The fourth-order valence-electron chi connectivity index (χ4n) is 2.02. The number of hydrogen-bond donors (Lipinski definition) is 1. The largest absolute Gasteiger partial charge is 0.490 e. The summed E-state index contributed by atoms with van der Waals surface area (Å²) in [6.07, 6.45) is -4.51. The van der Waals surface area contributed by atoms with Gasteiger partial charge < -0.3 is 19.3 Å². The van der Waals surface area contributed by atoms with E-state index in [2.05, 4.69) is 15.1 Å². The third-order valence-electron chi connectivity index (χ3n) is 3.60. The van der Waals surface area contributed by atoms with Gasteiger partial charge in [0.25, 0.3) is 5.91 Å². The predicted molar refractivity (Wildman–Crippen MR) is 97.5 cm³/mol. The molecule has 1 heterocycles. The van der Waals surface area contributed by atoms with Crippen molar-refractivity contribution in [2.45, 2.75) is 19.5 Å². The molecule has 0 radical (unpaired) electrons.